The molecule has 0 saturated carbocycles. The Balaban J connectivity index is 2.29. The first kappa shape index (κ1) is 11.5. The van der Waals surface area contributed by atoms with E-state index in [4.69, 9.17) is 0 Å². The molecule has 1 amide bonds. The molecule has 0 aromatic rings. The van der Waals surface area contributed by atoms with Crippen molar-refractivity contribution in [3.8, 4) is 0 Å². The number of carbonyl (C=O) groups is 1. The summed E-state index contributed by atoms with van der Waals surface area (Å²) in [6.07, 6.45) is 4.86. The Kier molecular flexibility index (Phi) is 4.39. The third-order valence-corrected chi connectivity index (χ3v) is 2.91. The number of nitrogens with one attached hydrogen (secondary N) is 2. The van der Waals surface area contributed by atoms with E-state index in [9.17, 15) is 4.79 Å². The van der Waals surface area contributed by atoms with Crippen LogP contribution >= 0.6 is 0 Å². The molecule has 1 aliphatic rings. The summed E-state index contributed by atoms with van der Waals surface area (Å²) in [5, 5.41) is 6.46. The number of rotatable bonds is 4. The molecule has 2 N–H and O–H groups in total. The average molecular weight is 198 g/mol. The molecule has 3 nitrogen and oxygen atoms in total. The van der Waals surface area contributed by atoms with E-state index in [1.807, 2.05) is 0 Å². The molecule has 0 atom stereocenters. The number of hydrogen-bond donors (Lipinski definition) is 2. The van der Waals surface area contributed by atoms with Gasteiger partial charge in [-0.1, -0.05) is 13.3 Å². The molecular formula is C11H22N2O. The van der Waals surface area contributed by atoms with Gasteiger partial charge in [0.2, 0.25) is 5.91 Å². The van der Waals surface area contributed by atoms with E-state index in [-0.39, 0.29) is 11.4 Å². The second-order valence-corrected chi connectivity index (χ2v) is 4.46. The van der Waals surface area contributed by atoms with Crippen molar-refractivity contribution in [3.05, 3.63) is 0 Å². The summed E-state index contributed by atoms with van der Waals surface area (Å²) in [6.45, 7) is 6.30. The van der Waals surface area contributed by atoms with Crippen LogP contribution in [-0.2, 0) is 4.79 Å². The highest BCUT2D eigenvalue weighted by atomic mass is 16.1. The molecule has 14 heavy (non-hydrogen) atoms. The Bertz CT molecular complexity index is 186. The van der Waals surface area contributed by atoms with Crippen molar-refractivity contribution in [3.63, 3.8) is 0 Å². The van der Waals surface area contributed by atoms with Crippen LogP contribution in [0.5, 0.6) is 0 Å². The zero-order chi connectivity index (χ0) is 10.4. The van der Waals surface area contributed by atoms with Crippen LogP contribution < -0.4 is 10.6 Å². The normalized spacial score (nSPS) is 20.4. The van der Waals surface area contributed by atoms with E-state index >= 15 is 0 Å². The highest BCUT2D eigenvalue weighted by Gasteiger charge is 2.27. The highest BCUT2D eigenvalue weighted by Crippen LogP contribution is 2.17. The van der Waals surface area contributed by atoms with Gasteiger partial charge >= 0.3 is 0 Å². The first-order valence-electron chi connectivity index (χ1n) is 5.68. The first-order chi connectivity index (χ1) is 6.66. The smallest absolute Gasteiger partial charge is 0.220 e. The maximum Gasteiger partial charge on any atom is 0.220 e. The minimum absolute atomic E-state index is 0.0378. The van der Waals surface area contributed by atoms with E-state index < -0.39 is 0 Å². The molecule has 1 saturated heterocycles. The summed E-state index contributed by atoms with van der Waals surface area (Å²) in [4.78, 5) is 11.5. The van der Waals surface area contributed by atoms with Crippen molar-refractivity contribution in [2.75, 3.05) is 13.1 Å². The third kappa shape index (κ3) is 3.66. The Morgan fingerprint density at radius 1 is 1.43 bits per heavy atom. The van der Waals surface area contributed by atoms with Crippen LogP contribution in [0.4, 0.5) is 0 Å². The minimum Gasteiger partial charge on any atom is -0.351 e. The van der Waals surface area contributed by atoms with E-state index in [2.05, 4.69) is 24.5 Å². The fraction of sp³-hybridized carbons (Fsp3) is 0.909. The minimum atomic E-state index is 0.0378. The number of amides is 1. The molecule has 1 aliphatic heterocycles. The van der Waals surface area contributed by atoms with Crippen molar-refractivity contribution in [2.45, 2.75) is 51.5 Å². The topological polar surface area (TPSA) is 41.1 Å². The molecule has 0 aliphatic carbocycles. The second-order valence-electron chi connectivity index (χ2n) is 4.46. The van der Waals surface area contributed by atoms with Crippen LogP contribution in [0.15, 0.2) is 0 Å². The predicted octanol–water partition coefficient (Wildman–Crippen LogP) is 1.43. The van der Waals surface area contributed by atoms with E-state index in [1.54, 1.807) is 0 Å². The fourth-order valence-corrected chi connectivity index (χ4v) is 1.84. The van der Waals surface area contributed by atoms with Crippen LogP contribution in [0, 0.1) is 0 Å². The van der Waals surface area contributed by atoms with Crippen molar-refractivity contribution < 1.29 is 4.79 Å². The third-order valence-electron chi connectivity index (χ3n) is 2.91. The van der Waals surface area contributed by atoms with Gasteiger partial charge in [0.15, 0.2) is 0 Å². The molecular weight excluding hydrogens is 176 g/mol. The summed E-state index contributed by atoms with van der Waals surface area (Å²) < 4.78 is 0. The Morgan fingerprint density at radius 3 is 2.64 bits per heavy atom. The van der Waals surface area contributed by atoms with Crippen LogP contribution in [0.1, 0.15) is 46.0 Å². The Morgan fingerprint density at radius 2 is 2.07 bits per heavy atom. The number of hydrogen-bond acceptors (Lipinski definition) is 2. The molecule has 0 aromatic heterocycles. The molecule has 1 rings (SSSR count). The van der Waals surface area contributed by atoms with Gasteiger partial charge in [0.1, 0.15) is 0 Å². The fourth-order valence-electron chi connectivity index (χ4n) is 1.84. The largest absolute Gasteiger partial charge is 0.351 e. The summed E-state index contributed by atoms with van der Waals surface area (Å²) in [7, 11) is 0. The lowest BCUT2D eigenvalue weighted by atomic mass is 9.90. The van der Waals surface area contributed by atoms with Gasteiger partial charge in [0.25, 0.3) is 0 Å². The monoisotopic (exact) mass is 198 g/mol. The van der Waals surface area contributed by atoms with Crippen molar-refractivity contribution >= 4 is 5.91 Å². The van der Waals surface area contributed by atoms with Crippen molar-refractivity contribution in [1.29, 1.82) is 0 Å². The molecule has 1 fully saturated rings. The molecule has 82 valence electrons. The number of unbranched alkanes of at least 4 members (excludes halogenated alkanes) is 1. The molecule has 1 heterocycles. The van der Waals surface area contributed by atoms with Crippen LogP contribution in [0.25, 0.3) is 0 Å². The standard InChI is InChI=1S/C11H22N2O/c1-3-4-5-10(14)13-11(2)6-8-12-9-7-11/h12H,3-9H2,1-2H3,(H,13,14). The Labute approximate surface area is 86.6 Å². The van der Waals surface area contributed by atoms with Gasteiger partial charge in [0, 0.05) is 12.0 Å². The summed E-state index contributed by atoms with van der Waals surface area (Å²) in [5.41, 5.74) is 0.0378. The zero-order valence-corrected chi connectivity index (χ0v) is 9.36. The quantitative estimate of drug-likeness (QED) is 0.717. The SMILES string of the molecule is CCCCC(=O)NC1(C)CCNCC1. The molecule has 0 unspecified atom stereocenters. The summed E-state index contributed by atoms with van der Waals surface area (Å²) >= 11 is 0. The maximum atomic E-state index is 11.5. The average Bonchev–Trinajstić information content (AvgIpc) is 2.15. The second kappa shape index (κ2) is 5.35. The predicted molar refractivity (Wildman–Crippen MR) is 58.2 cm³/mol. The highest BCUT2D eigenvalue weighted by molar-refractivity contribution is 5.76. The van der Waals surface area contributed by atoms with E-state index in [0.717, 1.165) is 38.8 Å². The van der Waals surface area contributed by atoms with Gasteiger partial charge in [-0.2, -0.15) is 0 Å². The maximum absolute atomic E-state index is 11.5. The molecule has 0 bridgehead atoms. The van der Waals surface area contributed by atoms with Gasteiger partial charge in [-0.05, 0) is 39.3 Å². The van der Waals surface area contributed by atoms with Crippen LogP contribution in [0.2, 0.25) is 0 Å². The lowest BCUT2D eigenvalue weighted by molar-refractivity contribution is -0.123. The van der Waals surface area contributed by atoms with E-state index in [0.29, 0.717) is 6.42 Å². The van der Waals surface area contributed by atoms with Crippen LogP contribution in [0.3, 0.4) is 0 Å². The van der Waals surface area contributed by atoms with Crippen molar-refractivity contribution in [2.24, 2.45) is 0 Å². The first-order valence-corrected chi connectivity index (χ1v) is 5.68. The molecule has 0 spiro atoms. The van der Waals surface area contributed by atoms with Gasteiger partial charge in [-0.3, -0.25) is 4.79 Å². The summed E-state index contributed by atoms with van der Waals surface area (Å²) in [6, 6.07) is 0. The number of piperidine rings is 1. The van der Waals surface area contributed by atoms with Gasteiger partial charge in [-0.25, -0.2) is 0 Å². The molecule has 0 aromatic carbocycles. The number of carbonyl (C=O) groups excluding carboxylic acids is 1. The lowest BCUT2D eigenvalue weighted by Gasteiger charge is -2.35. The van der Waals surface area contributed by atoms with Gasteiger partial charge < -0.3 is 10.6 Å². The lowest BCUT2D eigenvalue weighted by Crippen LogP contribution is -2.52. The summed E-state index contributed by atoms with van der Waals surface area (Å²) in [5.74, 6) is 0.219. The van der Waals surface area contributed by atoms with Gasteiger partial charge in [0.05, 0.1) is 0 Å². The van der Waals surface area contributed by atoms with Crippen LogP contribution in [-0.4, -0.2) is 24.5 Å². The Hall–Kier alpha value is -0.570. The van der Waals surface area contributed by atoms with Gasteiger partial charge in [-0.15, -0.1) is 0 Å². The molecule has 0 radical (unpaired) electrons. The van der Waals surface area contributed by atoms with E-state index in [1.165, 1.54) is 0 Å². The van der Waals surface area contributed by atoms with Crippen molar-refractivity contribution in [1.82, 2.24) is 10.6 Å². The molecule has 3 heteroatoms. The zero-order valence-electron chi connectivity index (χ0n) is 9.36.